The van der Waals surface area contributed by atoms with E-state index in [0.717, 1.165) is 44.2 Å². The van der Waals surface area contributed by atoms with Crippen LogP contribution in [0.25, 0.3) is 11.3 Å². The molecule has 1 heterocycles. The van der Waals surface area contributed by atoms with Crippen molar-refractivity contribution in [2.24, 2.45) is 0 Å². The highest BCUT2D eigenvalue weighted by Gasteiger charge is 2.30. The third-order valence-corrected chi connectivity index (χ3v) is 6.51. The van der Waals surface area contributed by atoms with E-state index in [1.54, 1.807) is 24.3 Å². The van der Waals surface area contributed by atoms with E-state index >= 15 is 0 Å². The molecule has 0 radical (unpaired) electrons. The molecular formula is C26H28N4O3. The molecule has 3 N–H and O–H groups in total. The number of phenols is 1. The zero-order valence-corrected chi connectivity index (χ0v) is 18.7. The van der Waals surface area contributed by atoms with Crippen LogP contribution in [0, 0.1) is 0 Å². The number of benzene rings is 2. The van der Waals surface area contributed by atoms with Crippen molar-refractivity contribution in [3.8, 4) is 17.0 Å². The van der Waals surface area contributed by atoms with Crippen LogP contribution in [0.5, 0.6) is 5.75 Å². The summed E-state index contributed by atoms with van der Waals surface area (Å²) in [6, 6.07) is 14.3. The normalized spacial score (nSPS) is 15.7. The summed E-state index contributed by atoms with van der Waals surface area (Å²) >= 11 is 0. The van der Waals surface area contributed by atoms with Crippen molar-refractivity contribution in [2.75, 3.05) is 5.32 Å². The van der Waals surface area contributed by atoms with Crippen molar-refractivity contribution in [1.82, 2.24) is 15.1 Å². The van der Waals surface area contributed by atoms with Crippen molar-refractivity contribution < 1.29 is 14.7 Å². The number of aromatic nitrogens is 2. The summed E-state index contributed by atoms with van der Waals surface area (Å²) in [5, 5.41) is 21.0. The van der Waals surface area contributed by atoms with Crippen LogP contribution < -0.4 is 10.6 Å². The van der Waals surface area contributed by atoms with Gasteiger partial charge in [0.2, 0.25) is 0 Å². The molecule has 170 valence electrons. The van der Waals surface area contributed by atoms with Gasteiger partial charge in [0.25, 0.3) is 5.91 Å². The number of nitrogens with one attached hydrogen (secondary N) is 2. The van der Waals surface area contributed by atoms with Crippen LogP contribution in [0.4, 0.5) is 10.5 Å². The Labute approximate surface area is 192 Å². The van der Waals surface area contributed by atoms with Crippen molar-refractivity contribution in [3.05, 3.63) is 65.4 Å². The minimum absolute atomic E-state index is 0.0488. The lowest BCUT2D eigenvalue weighted by molar-refractivity contribution is 0.102. The minimum Gasteiger partial charge on any atom is -0.507 e. The van der Waals surface area contributed by atoms with Gasteiger partial charge >= 0.3 is 6.03 Å². The Morgan fingerprint density at radius 1 is 1.06 bits per heavy atom. The Bertz CT molecular complexity index is 1190. The molecule has 2 fully saturated rings. The molecule has 3 aromatic rings. The summed E-state index contributed by atoms with van der Waals surface area (Å²) < 4.78 is 1.46. The number of hydrogen-bond acceptors (Lipinski definition) is 4. The number of aryl methyl sites for hydroxylation is 1. The number of rotatable bonds is 6. The highest BCUT2D eigenvalue weighted by atomic mass is 16.3. The first kappa shape index (κ1) is 21.2. The second-order valence-corrected chi connectivity index (χ2v) is 8.95. The van der Waals surface area contributed by atoms with E-state index in [0.29, 0.717) is 28.4 Å². The average Bonchev–Trinajstić information content (AvgIpc) is 3.50. The summed E-state index contributed by atoms with van der Waals surface area (Å²) in [5.41, 5.74) is 4.15. The number of carbonyl (C=O) groups excluding carboxylic acids is 2. The standard InChI is InChI=1S/C26H28N4O3/c1-2-16-6-8-18(9-7-16)25(32)27-20-12-13-24(31)21(14-20)22-15-23(17-4-3-5-17)30(29-22)26(33)28-19-10-11-19/h6-9,12-15,17,19,31H,2-5,10-11H2,1H3,(H,27,32)(H,28,33). The molecule has 0 spiro atoms. The molecular weight excluding hydrogens is 416 g/mol. The van der Waals surface area contributed by atoms with Gasteiger partial charge in [-0.2, -0.15) is 9.78 Å². The summed E-state index contributed by atoms with van der Waals surface area (Å²) in [5.74, 6) is 0.124. The minimum atomic E-state index is -0.223. The second kappa shape index (κ2) is 8.73. The van der Waals surface area contributed by atoms with Crippen LogP contribution in [-0.4, -0.2) is 32.9 Å². The SMILES string of the molecule is CCc1ccc(C(=O)Nc2ccc(O)c(-c3cc(C4CCC4)n(C(=O)NC4CC4)n3)c2)cc1. The van der Waals surface area contributed by atoms with Gasteiger partial charge in [-0.3, -0.25) is 4.79 Å². The monoisotopic (exact) mass is 444 g/mol. The van der Waals surface area contributed by atoms with E-state index in [-0.39, 0.29) is 23.7 Å². The summed E-state index contributed by atoms with van der Waals surface area (Å²) in [4.78, 5) is 25.5. The van der Waals surface area contributed by atoms with Gasteiger partial charge in [-0.25, -0.2) is 4.79 Å². The zero-order valence-electron chi connectivity index (χ0n) is 18.7. The fourth-order valence-electron chi connectivity index (χ4n) is 4.06. The highest BCUT2D eigenvalue weighted by Crippen LogP contribution is 2.39. The first-order valence-corrected chi connectivity index (χ1v) is 11.7. The first-order chi connectivity index (χ1) is 16.0. The largest absolute Gasteiger partial charge is 0.507 e. The van der Waals surface area contributed by atoms with Gasteiger partial charge in [0.15, 0.2) is 0 Å². The smallest absolute Gasteiger partial charge is 0.342 e. The predicted molar refractivity (Wildman–Crippen MR) is 127 cm³/mol. The Kier molecular flexibility index (Phi) is 5.62. The first-order valence-electron chi connectivity index (χ1n) is 11.7. The lowest BCUT2D eigenvalue weighted by Gasteiger charge is -2.25. The molecule has 0 unspecified atom stereocenters. The molecule has 33 heavy (non-hydrogen) atoms. The van der Waals surface area contributed by atoms with Crippen molar-refractivity contribution in [1.29, 1.82) is 0 Å². The molecule has 7 heteroatoms. The highest BCUT2D eigenvalue weighted by molar-refractivity contribution is 6.04. The van der Waals surface area contributed by atoms with E-state index in [1.165, 1.54) is 16.3 Å². The molecule has 2 aliphatic carbocycles. The van der Waals surface area contributed by atoms with E-state index in [2.05, 4.69) is 22.7 Å². The number of amides is 2. The van der Waals surface area contributed by atoms with Crippen LogP contribution in [0.3, 0.4) is 0 Å². The molecule has 2 aliphatic rings. The molecule has 0 saturated heterocycles. The van der Waals surface area contributed by atoms with Gasteiger partial charge in [-0.05, 0) is 74.1 Å². The van der Waals surface area contributed by atoms with E-state index in [1.807, 2.05) is 18.2 Å². The van der Waals surface area contributed by atoms with Crippen LogP contribution in [0.1, 0.15) is 66.6 Å². The average molecular weight is 445 g/mol. The number of nitrogens with zero attached hydrogens (tertiary/aromatic N) is 2. The Hall–Kier alpha value is -3.61. The van der Waals surface area contributed by atoms with Gasteiger partial charge in [0.05, 0.1) is 11.4 Å². The quantitative estimate of drug-likeness (QED) is 0.463. The molecule has 2 saturated carbocycles. The van der Waals surface area contributed by atoms with E-state index in [4.69, 9.17) is 0 Å². The Morgan fingerprint density at radius 3 is 2.45 bits per heavy atom. The third kappa shape index (κ3) is 4.49. The van der Waals surface area contributed by atoms with Crippen LogP contribution in [0.15, 0.2) is 48.5 Å². The molecule has 0 atom stereocenters. The maximum atomic E-state index is 12.8. The van der Waals surface area contributed by atoms with Crippen molar-refractivity contribution in [3.63, 3.8) is 0 Å². The molecule has 7 nitrogen and oxygen atoms in total. The van der Waals surface area contributed by atoms with Gasteiger partial charge in [-0.15, -0.1) is 0 Å². The fraction of sp³-hybridized carbons (Fsp3) is 0.346. The Balaban J connectivity index is 1.41. The van der Waals surface area contributed by atoms with Gasteiger partial charge in [0, 0.05) is 28.8 Å². The topological polar surface area (TPSA) is 96.2 Å². The number of phenolic OH excluding ortho intramolecular Hbond substituents is 1. The molecule has 5 rings (SSSR count). The van der Waals surface area contributed by atoms with Crippen molar-refractivity contribution >= 4 is 17.6 Å². The summed E-state index contributed by atoms with van der Waals surface area (Å²) in [6.45, 7) is 2.07. The maximum Gasteiger partial charge on any atom is 0.342 e. The number of carbonyl (C=O) groups is 2. The lowest BCUT2D eigenvalue weighted by atomic mass is 9.82. The van der Waals surface area contributed by atoms with E-state index < -0.39 is 0 Å². The predicted octanol–water partition coefficient (Wildman–Crippen LogP) is 5.06. The van der Waals surface area contributed by atoms with Crippen LogP contribution in [-0.2, 0) is 6.42 Å². The summed E-state index contributed by atoms with van der Waals surface area (Å²) in [7, 11) is 0. The molecule has 0 bridgehead atoms. The number of aromatic hydroxyl groups is 1. The van der Waals surface area contributed by atoms with Gasteiger partial charge in [-0.1, -0.05) is 25.5 Å². The molecule has 2 amide bonds. The number of anilines is 1. The molecule has 1 aromatic heterocycles. The summed E-state index contributed by atoms with van der Waals surface area (Å²) in [6.07, 6.45) is 6.12. The lowest BCUT2D eigenvalue weighted by Crippen LogP contribution is -2.33. The molecule has 2 aromatic carbocycles. The zero-order chi connectivity index (χ0) is 22.9. The molecule has 0 aliphatic heterocycles. The fourth-order valence-corrected chi connectivity index (χ4v) is 4.06. The second-order valence-electron chi connectivity index (χ2n) is 8.95. The third-order valence-electron chi connectivity index (χ3n) is 6.51. The van der Waals surface area contributed by atoms with E-state index in [9.17, 15) is 14.7 Å². The Morgan fingerprint density at radius 2 is 1.82 bits per heavy atom. The van der Waals surface area contributed by atoms with Gasteiger partial charge in [0.1, 0.15) is 5.75 Å². The van der Waals surface area contributed by atoms with Crippen LogP contribution >= 0.6 is 0 Å². The van der Waals surface area contributed by atoms with Crippen LogP contribution in [0.2, 0.25) is 0 Å². The number of hydrogen-bond donors (Lipinski definition) is 3. The van der Waals surface area contributed by atoms with Gasteiger partial charge < -0.3 is 15.7 Å². The van der Waals surface area contributed by atoms with Crippen molar-refractivity contribution in [2.45, 2.75) is 57.4 Å². The maximum absolute atomic E-state index is 12.8.